The molecule has 2 aromatic rings. The van der Waals surface area contributed by atoms with E-state index in [2.05, 4.69) is 16.8 Å². The zero-order valence-electron chi connectivity index (χ0n) is 13.1. The van der Waals surface area contributed by atoms with Crippen LogP contribution in [0.3, 0.4) is 0 Å². The summed E-state index contributed by atoms with van der Waals surface area (Å²) in [4.78, 5) is 22.2. The highest BCUT2D eigenvalue weighted by Gasteiger charge is 2.43. The second-order valence-corrected chi connectivity index (χ2v) is 7.39. The molecule has 0 bridgehead atoms. The van der Waals surface area contributed by atoms with Gasteiger partial charge in [-0.1, -0.05) is 36.9 Å². The molecule has 3 heterocycles. The molecule has 0 spiro atoms. The Kier molecular flexibility index (Phi) is 3.72. The first-order valence-electron chi connectivity index (χ1n) is 7.80. The van der Waals surface area contributed by atoms with Crippen molar-refractivity contribution in [3.05, 3.63) is 70.0 Å². The van der Waals surface area contributed by atoms with Crippen LogP contribution in [-0.4, -0.2) is 31.8 Å². The third-order valence-corrected chi connectivity index (χ3v) is 5.43. The summed E-state index contributed by atoms with van der Waals surface area (Å²) in [5, 5.41) is 12.4. The van der Waals surface area contributed by atoms with Crippen molar-refractivity contribution in [2.75, 3.05) is 6.54 Å². The van der Waals surface area contributed by atoms with Gasteiger partial charge in [0, 0.05) is 30.1 Å². The number of rotatable bonds is 3. The molecule has 0 N–H and O–H groups in total. The lowest BCUT2D eigenvalue weighted by atomic mass is 9.96. The van der Waals surface area contributed by atoms with Gasteiger partial charge in [0.2, 0.25) is 0 Å². The molecule has 2 aliphatic rings. The number of non-ortho nitro benzene ring substituents is 1. The number of fused-ring (bicyclic) bond motifs is 1. The monoisotopic (exact) mass is 340 g/mol. The van der Waals surface area contributed by atoms with Crippen LogP contribution in [0, 0.1) is 10.1 Å². The van der Waals surface area contributed by atoms with E-state index < -0.39 is 0 Å². The Labute approximate surface area is 143 Å². The van der Waals surface area contributed by atoms with Crippen molar-refractivity contribution in [3.63, 3.8) is 0 Å². The van der Waals surface area contributed by atoms with Gasteiger partial charge in [-0.3, -0.25) is 20.1 Å². The maximum absolute atomic E-state index is 10.9. The van der Waals surface area contributed by atoms with Gasteiger partial charge >= 0.3 is 0 Å². The topological polar surface area (TPSA) is 71.6 Å². The molecule has 1 saturated heterocycles. The fourth-order valence-electron chi connectivity index (χ4n) is 3.27. The molecule has 0 amide bonds. The second kappa shape index (κ2) is 5.90. The van der Waals surface area contributed by atoms with Crippen LogP contribution < -0.4 is 0 Å². The molecule has 2 aliphatic heterocycles. The van der Waals surface area contributed by atoms with E-state index in [0.29, 0.717) is 5.25 Å². The van der Waals surface area contributed by atoms with Gasteiger partial charge in [0.1, 0.15) is 6.04 Å². The molecular formula is C17H16N4O2S. The lowest BCUT2D eigenvalue weighted by Gasteiger charge is -2.27. The number of nitro groups is 1. The van der Waals surface area contributed by atoms with E-state index in [-0.39, 0.29) is 22.7 Å². The lowest BCUT2D eigenvalue weighted by Crippen LogP contribution is -2.28. The van der Waals surface area contributed by atoms with Crippen molar-refractivity contribution in [3.8, 4) is 0 Å². The minimum Gasteiger partial charge on any atom is -0.341 e. The molecule has 1 aromatic heterocycles. The van der Waals surface area contributed by atoms with Gasteiger partial charge in [0.05, 0.1) is 16.7 Å². The summed E-state index contributed by atoms with van der Waals surface area (Å²) in [7, 11) is 0. The zero-order valence-corrected chi connectivity index (χ0v) is 13.9. The van der Waals surface area contributed by atoms with Gasteiger partial charge in [0.25, 0.3) is 5.69 Å². The standard InChI is InChI=1S/C17H16N4O2S/c1-11-10-20-16(12-5-7-13(8-6-12)21(22)23)15(19-17(20)24-11)14-4-2-3-9-18-14/h2-9,11,15-16H,10H2,1H3/t11-,15+,16-/m1/s1. The normalized spacial score (nSPS) is 25.5. The molecule has 6 nitrogen and oxygen atoms in total. The Morgan fingerprint density at radius 3 is 2.71 bits per heavy atom. The first kappa shape index (κ1) is 15.1. The number of benzene rings is 1. The van der Waals surface area contributed by atoms with E-state index in [4.69, 9.17) is 4.99 Å². The van der Waals surface area contributed by atoms with Gasteiger partial charge < -0.3 is 4.90 Å². The van der Waals surface area contributed by atoms with Crippen LogP contribution in [0.2, 0.25) is 0 Å². The number of aromatic nitrogens is 1. The largest absolute Gasteiger partial charge is 0.341 e. The predicted octanol–water partition coefficient (Wildman–Crippen LogP) is 3.58. The Morgan fingerprint density at radius 1 is 1.25 bits per heavy atom. The van der Waals surface area contributed by atoms with Crippen molar-refractivity contribution >= 4 is 22.6 Å². The maximum Gasteiger partial charge on any atom is 0.269 e. The van der Waals surface area contributed by atoms with Gasteiger partial charge in [-0.2, -0.15) is 0 Å². The van der Waals surface area contributed by atoms with Crippen LogP contribution in [0.1, 0.15) is 30.3 Å². The van der Waals surface area contributed by atoms with E-state index >= 15 is 0 Å². The number of thioether (sulfide) groups is 1. The smallest absolute Gasteiger partial charge is 0.269 e. The SMILES string of the molecule is C[C@@H]1CN2C(=N[C@@H](c3ccccn3)[C@H]2c2ccc([N+](=O)[O-])cc2)S1. The minimum atomic E-state index is -0.371. The number of pyridine rings is 1. The van der Waals surface area contributed by atoms with Gasteiger partial charge in [-0.25, -0.2) is 0 Å². The molecule has 1 aromatic carbocycles. The van der Waals surface area contributed by atoms with Crippen molar-refractivity contribution in [1.82, 2.24) is 9.88 Å². The highest BCUT2D eigenvalue weighted by atomic mass is 32.2. The number of hydrogen-bond donors (Lipinski definition) is 0. The van der Waals surface area contributed by atoms with Crippen LogP contribution in [0.5, 0.6) is 0 Å². The third kappa shape index (κ3) is 2.54. The fraction of sp³-hybridized carbons (Fsp3) is 0.294. The second-order valence-electron chi connectivity index (χ2n) is 5.99. The summed E-state index contributed by atoms with van der Waals surface area (Å²) in [5.74, 6) is 0. The molecule has 1 fully saturated rings. The quantitative estimate of drug-likeness (QED) is 0.631. The van der Waals surface area contributed by atoms with E-state index in [1.54, 1.807) is 30.1 Å². The van der Waals surface area contributed by atoms with Gasteiger partial charge in [0.15, 0.2) is 5.17 Å². The van der Waals surface area contributed by atoms with Crippen LogP contribution in [0.4, 0.5) is 5.69 Å². The number of hydrogen-bond acceptors (Lipinski definition) is 6. The van der Waals surface area contributed by atoms with E-state index in [0.717, 1.165) is 23.0 Å². The summed E-state index contributed by atoms with van der Waals surface area (Å²) in [6.07, 6.45) is 1.78. The summed E-state index contributed by atoms with van der Waals surface area (Å²) < 4.78 is 0. The highest BCUT2D eigenvalue weighted by Crippen LogP contribution is 2.47. The molecule has 24 heavy (non-hydrogen) atoms. The van der Waals surface area contributed by atoms with Crippen molar-refractivity contribution in [2.24, 2.45) is 4.99 Å². The Bertz CT molecular complexity index is 794. The lowest BCUT2D eigenvalue weighted by molar-refractivity contribution is -0.384. The van der Waals surface area contributed by atoms with E-state index in [1.807, 2.05) is 30.3 Å². The summed E-state index contributed by atoms with van der Waals surface area (Å²) in [5.41, 5.74) is 2.07. The number of nitrogens with zero attached hydrogens (tertiary/aromatic N) is 4. The average molecular weight is 340 g/mol. The molecule has 7 heteroatoms. The first-order valence-corrected chi connectivity index (χ1v) is 8.68. The minimum absolute atomic E-state index is 0.0353. The Hall–Kier alpha value is -2.41. The van der Waals surface area contributed by atoms with Crippen LogP contribution in [-0.2, 0) is 0 Å². The summed E-state index contributed by atoms with van der Waals surface area (Å²) in [6.45, 7) is 3.11. The average Bonchev–Trinajstić information content (AvgIpc) is 3.11. The molecule has 0 radical (unpaired) electrons. The van der Waals surface area contributed by atoms with Crippen LogP contribution in [0.25, 0.3) is 0 Å². The first-order chi connectivity index (χ1) is 11.6. The molecule has 122 valence electrons. The Balaban J connectivity index is 1.74. The molecule has 0 saturated carbocycles. The molecule has 0 aliphatic carbocycles. The fourth-order valence-corrected chi connectivity index (χ4v) is 4.36. The van der Waals surface area contributed by atoms with Gasteiger partial charge in [-0.15, -0.1) is 0 Å². The van der Waals surface area contributed by atoms with Crippen LogP contribution >= 0.6 is 11.8 Å². The van der Waals surface area contributed by atoms with Crippen molar-refractivity contribution in [1.29, 1.82) is 0 Å². The number of aliphatic imine (C=N–C) groups is 1. The van der Waals surface area contributed by atoms with Crippen molar-refractivity contribution in [2.45, 2.75) is 24.3 Å². The molecule has 0 unspecified atom stereocenters. The zero-order chi connectivity index (χ0) is 16.7. The Morgan fingerprint density at radius 2 is 2.04 bits per heavy atom. The third-order valence-electron chi connectivity index (χ3n) is 4.33. The maximum atomic E-state index is 10.9. The number of nitro benzene ring substituents is 1. The predicted molar refractivity (Wildman–Crippen MR) is 94.0 cm³/mol. The molecule has 4 rings (SSSR count). The van der Waals surface area contributed by atoms with E-state index in [9.17, 15) is 10.1 Å². The summed E-state index contributed by atoms with van der Waals surface area (Å²) >= 11 is 1.78. The van der Waals surface area contributed by atoms with Crippen LogP contribution in [0.15, 0.2) is 53.7 Å². The highest BCUT2D eigenvalue weighted by molar-refractivity contribution is 8.14. The van der Waals surface area contributed by atoms with Gasteiger partial charge in [-0.05, 0) is 17.7 Å². The molecular weight excluding hydrogens is 324 g/mol. The molecule has 3 atom stereocenters. The van der Waals surface area contributed by atoms with Crippen molar-refractivity contribution < 1.29 is 4.92 Å². The number of amidine groups is 1. The van der Waals surface area contributed by atoms with E-state index in [1.165, 1.54) is 0 Å². The summed E-state index contributed by atoms with van der Waals surface area (Å²) in [6, 6.07) is 12.6.